The molecule has 0 unspecified atom stereocenters. The molecule has 6 heteroatoms. The number of nitrogens with one attached hydrogen (secondary N) is 2. The lowest BCUT2D eigenvalue weighted by atomic mass is 10.3. The fraction of sp³-hybridized carbons (Fsp3) is 0.133. The summed E-state index contributed by atoms with van der Waals surface area (Å²) in [5.41, 5.74) is 1.80. The molecule has 4 nitrogen and oxygen atoms in total. The van der Waals surface area contributed by atoms with Crippen LogP contribution in [0.5, 0.6) is 5.75 Å². The maximum atomic E-state index is 13.3. The van der Waals surface area contributed by atoms with Crippen LogP contribution in [0.25, 0.3) is 11.0 Å². The molecule has 1 heterocycles. The number of H-pyrrole nitrogens is 1. The van der Waals surface area contributed by atoms with Gasteiger partial charge in [0, 0.05) is 6.07 Å². The van der Waals surface area contributed by atoms with Crippen LogP contribution in [0.1, 0.15) is 0 Å². The van der Waals surface area contributed by atoms with Gasteiger partial charge in [0.15, 0.2) is 11.6 Å². The molecule has 108 valence electrons. The molecule has 0 aliphatic carbocycles. The van der Waals surface area contributed by atoms with Crippen molar-refractivity contribution in [1.82, 2.24) is 9.97 Å². The average Bonchev–Trinajstić information content (AvgIpc) is 2.88. The smallest absolute Gasteiger partial charge is 0.201 e. The van der Waals surface area contributed by atoms with E-state index in [1.54, 1.807) is 0 Å². The first-order chi connectivity index (χ1) is 10.2. The van der Waals surface area contributed by atoms with Crippen molar-refractivity contribution in [2.24, 2.45) is 0 Å². The van der Waals surface area contributed by atoms with E-state index in [1.165, 1.54) is 6.07 Å². The van der Waals surface area contributed by atoms with Crippen molar-refractivity contribution in [2.45, 2.75) is 0 Å². The Kier molecular flexibility index (Phi) is 3.68. The fourth-order valence-electron chi connectivity index (χ4n) is 1.96. The van der Waals surface area contributed by atoms with Crippen LogP contribution in [0.15, 0.2) is 42.5 Å². The van der Waals surface area contributed by atoms with Gasteiger partial charge in [0.25, 0.3) is 0 Å². The first kappa shape index (κ1) is 13.4. The van der Waals surface area contributed by atoms with Gasteiger partial charge in [0.05, 0.1) is 17.6 Å². The number of fused-ring (bicyclic) bond motifs is 1. The maximum absolute atomic E-state index is 13.3. The monoisotopic (exact) mass is 289 g/mol. The van der Waals surface area contributed by atoms with Crippen LogP contribution in [-0.2, 0) is 0 Å². The van der Waals surface area contributed by atoms with Crippen molar-refractivity contribution < 1.29 is 13.5 Å². The van der Waals surface area contributed by atoms with Crippen LogP contribution in [0, 0.1) is 11.6 Å². The number of para-hydroxylation sites is 2. The quantitative estimate of drug-likeness (QED) is 0.708. The summed E-state index contributed by atoms with van der Waals surface area (Å²) in [4.78, 5) is 7.45. The zero-order valence-corrected chi connectivity index (χ0v) is 11.1. The van der Waals surface area contributed by atoms with Gasteiger partial charge in [0.2, 0.25) is 5.95 Å². The van der Waals surface area contributed by atoms with E-state index in [4.69, 9.17) is 4.74 Å². The lowest BCUT2D eigenvalue weighted by Crippen LogP contribution is -2.12. The van der Waals surface area contributed by atoms with E-state index < -0.39 is 11.6 Å². The van der Waals surface area contributed by atoms with Gasteiger partial charge in [-0.3, -0.25) is 0 Å². The number of rotatable bonds is 5. The molecule has 1 aromatic heterocycles. The Morgan fingerprint density at radius 1 is 1.14 bits per heavy atom. The van der Waals surface area contributed by atoms with Gasteiger partial charge in [0.1, 0.15) is 12.4 Å². The van der Waals surface area contributed by atoms with Crippen LogP contribution >= 0.6 is 0 Å². The van der Waals surface area contributed by atoms with Crippen molar-refractivity contribution in [1.29, 1.82) is 0 Å². The summed E-state index contributed by atoms with van der Waals surface area (Å²) >= 11 is 0. The maximum Gasteiger partial charge on any atom is 0.201 e. The second-order valence-electron chi connectivity index (χ2n) is 4.45. The standard InChI is InChI=1S/C15H13F2N3O/c16-10-5-6-14(11(17)9-10)21-8-7-18-15-19-12-3-1-2-4-13(12)20-15/h1-6,9H,7-8H2,(H2,18,19,20). The molecule has 0 aliphatic heterocycles. The van der Waals surface area contributed by atoms with E-state index in [1.807, 2.05) is 24.3 Å². The van der Waals surface area contributed by atoms with E-state index in [-0.39, 0.29) is 12.4 Å². The Balaban J connectivity index is 1.54. The third-order valence-corrected chi connectivity index (χ3v) is 2.94. The zero-order chi connectivity index (χ0) is 14.7. The number of hydrogen-bond acceptors (Lipinski definition) is 3. The summed E-state index contributed by atoms with van der Waals surface area (Å²) in [5, 5.41) is 3.05. The summed E-state index contributed by atoms with van der Waals surface area (Å²) in [5.74, 6) is -0.679. The minimum atomic E-state index is -0.710. The normalized spacial score (nSPS) is 10.8. The number of benzene rings is 2. The van der Waals surface area contributed by atoms with Gasteiger partial charge in [-0.2, -0.15) is 0 Å². The highest BCUT2D eigenvalue weighted by Crippen LogP contribution is 2.17. The number of imidazole rings is 1. The molecule has 0 aliphatic rings. The highest BCUT2D eigenvalue weighted by atomic mass is 19.1. The van der Waals surface area contributed by atoms with Crippen molar-refractivity contribution >= 4 is 17.0 Å². The third-order valence-electron chi connectivity index (χ3n) is 2.94. The molecule has 21 heavy (non-hydrogen) atoms. The number of nitrogens with zero attached hydrogens (tertiary/aromatic N) is 1. The summed E-state index contributed by atoms with van der Waals surface area (Å²) < 4.78 is 31.3. The van der Waals surface area contributed by atoms with Crippen LogP contribution in [0.2, 0.25) is 0 Å². The van der Waals surface area contributed by atoms with E-state index >= 15 is 0 Å². The Bertz CT molecular complexity index is 725. The van der Waals surface area contributed by atoms with Gasteiger partial charge in [-0.05, 0) is 24.3 Å². The number of aromatic amines is 1. The molecule has 3 rings (SSSR count). The molecule has 0 bridgehead atoms. The second kappa shape index (κ2) is 5.78. The number of hydrogen-bond donors (Lipinski definition) is 2. The van der Waals surface area contributed by atoms with E-state index in [9.17, 15) is 8.78 Å². The minimum Gasteiger partial charge on any atom is -0.489 e. The van der Waals surface area contributed by atoms with Crippen LogP contribution in [0.4, 0.5) is 14.7 Å². The first-order valence-corrected chi connectivity index (χ1v) is 6.49. The second-order valence-corrected chi connectivity index (χ2v) is 4.45. The van der Waals surface area contributed by atoms with Crippen LogP contribution in [-0.4, -0.2) is 23.1 Å². The molecule has 0 atom stereocenters. The Labute approximate surface area is 119 Å². The Hall–Kier alpha value is -2.63. The molecule has 0 amide bonds. The zero-order valence-electron chi connectivity index (χ0n) is 11.1. The predicted octanol–water partition coefficient (Wildman–Crippen LogP) is 3.33. The molecule has 0 radical (unpaired) electrons. The SMILES string of the molecule is Fc1ccc(OCCNc2nc3ccccc3[nH]2)c(F)c1. The lowest BCUT2D eigenvalue weighted by molar-refractivity contribution is 0.313. The van der Waals surface area contributed by atoms with E-state index in [0.717, 1.165) is 23.2 Å². The predicted molar refractivity (Wildman–Crippen MR) is 76.4 cm³/mol. The van der Waals surface area contributed by atoms with Gasteiger partial charge < -0.3 is 15.0 Å². The number of halogens is 2. The van der Waals surface area contributed by atoms with Gasteiger partial charge in [-0.15, -0.1) is 0 Å². The van der Waals surface area contributed by atoms with Crippen molar-refractivity contribution in [3.05, 3.63) is 54.1 Å². The number of anilines is 1. The number of aromatic nitrogens is 2. The summed E-state index contributed by atoms with van der Waals surface area (Å²) in [6, 6.07) is 10.9. The van der Waals surface area contributed by atoms with Crippen molar-refractivity contribution in [3.63, 3.8) is 0 Å². The van der Waals surface area contributed by atoms with Crippen molar-refractivity contribution in [2.75, 3.05) is 18.5 Å². The number of ether oxygens (including phenoxy) is 1. The van der Waals surface area contributed by atoms with Crippen LogP contribution in [0.3, 0.4) is 0 Å². The summed E-state index contributed by atoms with van der Waals surface area (Å²) in [6.07, 6.45) is 0. The summed E-state index contributed by atoms with van der Waals surface area (Å²) in [7, 11) is 0. The summed E-state index contributed by atoms with van der Waals surface area (Å²) in [6.45, 7) is 0.677. The molecule has 2 aromatic carbocycles. The molecule has 0 fully saturated rings. The first-order valence-electron chi connectivity index (χ1n) is 6.49. The molecule has 0 saturated heterocycles. The molecular formula is C15H13F2N3O. The van der Waals surface area contributed by atoms with Crippen LogP contribution < -0.4 is 10.1 Å². The Morgan fingerprint density at radius 2 is 2.00 bits per heavy atom. The van der Waals surface area contributed by atoms with Gasteiger partial charge >= 0.3 is 0 Å². The molecular weight excluding hydrogens is 276 g/mol. The highest BCUT2D eigenvalue weighted by molar-refractivity contribution is 5.77. The fourth-order valence-corrected chi connectivity index (χ4v) is 1.96. The molecule has 3 aromatic rings. The van der Waals surface area contributed by atoms with E-state index in [0.29, 0.717) is 12.5 Å². The van der Waals surface area contributed by atoms with Crippen molar-refractivity contribution in [3.8, 4) is 5.75 Å². The minimum absolute atomic E-state index is 0.0304. The largest absolute Gasteiger partial charge is 0.489 e. The Morgan fingerprint density at radius 3 is 2.81 bits per heavy atom. The van der Waals surface area contributed by atoms with Gasteiger partial charge in [-0.1, -0.05) is 12.1 Å². The molecule has 0 saturated carbocycles. The molecule has 2 N–H and O–H groups in total. The van der Waals surface area contributed by atoms with E-state index in [2.05, 4.69) is 15.3 Å². The highest BCUT2D eigenvalue weighted by Gasteiger charge is 2.05. The average molecular weight is 289 g/mol. The molecule has 0 spiro atoms. The van der Waals surface area contributed by atoms with Gasteiger partial charge in [-0.25, -0.2) is 13.8 Å². The third kappa shape index (κ3) is 3.10. The topological polar surface area (TPSA) is 49.9 Å². The lowest BCUT2D eigenvalue weighted by Gasteiger charge is -2.07.